The van der Waals surface area contributed by atoms with Crippen LogP contribution in [0.5, 0.6) is 0 Å². The van der Waals surface area contributed by atoms with Gasteiger partial charge in [0.15, 0.2) is 0 Å². The number of aliphatic imine (C=N–C) groups is 1. The number of aliphatic hydroxyl groups excluding tert-OH is 1. The van der Waals surface area contributed by atoms with E-state index in [0.717, 1.165) is 6.54 Å². The van der Waals surface area contributed by atoms with Gasteiger partial charge in [-0.1, -0.05) is 0 Å². The fourth-order valence-electron chi connectivity index (χ4n) is 1.51. The van der Waals surface area contributed by atoms with Gasteiger partial charge in [0, 0.05) is 19.2 Å². The second kappa shape index (κ2) is 3.47. The molecule has 0 aliphatic carbocycles. The van der Waals surface area contributed by atoms with Crippen LogP contribution < -0.4 is 0 Å². The van der Waals surface area contributed by atoms with Gasteiger partial charge in [-0.2, -0.15) is 0 Å². The van der Waals surface area contributed by atoms with Crippen LogP contribution in [0.2, 0.25) is 0 Å². The summed E-state index contributed by atoms with van der Waals surface area (Å²) in [5.41, 5.74) is 0. The van der Waals surface area contributed by atoms with Crippen LogP contribution >= 0.6 is 0 Å². The summed E-state index contributed by atoms with van der Waals surface area (Å²) in [6, 6.07) is 0. The Labute approximate surface area is 77.5 Å². The Morgan fingerprint density at radius 3 is 3.00 bits per heavy atom. The number of rotatable bonds is 1. The van der Waals surface area contributed by atoms with E-state index in [1.807, 2.05) is 11.0 Å². The molecule has 3 atom stereocenters. The van der Waals surface area contributed by atoms with Crippen LogP contribution in [0.3, 0.4) is 0 Å². The minimum atomic E-state index is -0.454. The summed E-state index contributed by atoms with van der Waals surface area (Å²) >= 11 is 0. The first-order valence-electron chi connectivity index (χ1n) is 4.38. The third-order valence-electron chi connectivity index (χ3n) is 2.30. The first-order chi connectivity index (χ1) is 6.27. The molecule has 4 heteroatoms. The summed E-state index contributed by atoms with van der Waals surface area (Å²) in [5.74, 6) is 0. The molecule has 13 heavy (non-hydrogen) atoms. The van der Waals surface area contributed by atoms with Gasteiger partial charge in [-0.25, -0.2) is 4.99 Å². The quantitative estimate of drug-likeness (QED) is 0.626. The van der Waals surface area contributed by atoms with Gasteiger partial charge in [-0.05, 0) is 13.0 Å². The van der Waals surface area contributed by atoms with E-state index in [-0.39, 0.29) is 12.3 Å². The van der Waals surface area contributed by atoms with E-state index in [9.17, 15) is 5.11 Å². The maximum Gasteiger partial charge on any atom is 0.134 e. The third kappa shape index (κ3) is 1.73. The Bertz CT molecular complexity index is 230. The fraction of sp³-hybridized carbons (Fsp3) is 0.556. The Balaban J connectivity index is 1.95. The first-order valence-corrected chi connectivity index (χ1v) is 4.38. The Hall–Kier alpha value is -0.870. The molecular formula is C9H13N2O2. The molecule has 0 spiro atoms. The maximum atomic E-state index is 9.42. The van der Waals surface area contributed by atoms with E-state index in [1.165, 1.54) is 0 Å². The molecule has 0 aromatic rings. The highest BCUT2D eigenvalue weighted by Crippen LogP contribution is 2.22. The fourth-order valence-corrected chi connectivity index (χ4v) is 1.51. The van der Waals surface area contributed by atoms with Gasteiger partial charge in [0.25, 0.3) is 0 Å². The predicted octanol–water partition coefficient (Wildman–Crippen LogP) is 0.154. The van der Waals surface area contributed by atoms with Gasteiger partial charge in [-0.3, -0.25) is 0 Å². The van der Waals surface area contributed by atoms with Crippen molar-refractivity contribution in [1.82, 2.24) is 4.90 Å². The Morgan fingerprint density at radius 2 is 2.46 bits per heavy atom. The number of hydrogen-bond donors (Lipinski definition) is 1. The van der Waals surface area contributed by atoms with Crippen LogP contribution in [0.25, 0.3) is 0 Å². The molecule has 0 saturated carbocycles. The van der Waals surface area contributed by atoms with E-state index in [4.69, 9.17) is 4.74 Å². The van der Waals surface area contributed by atoms with Crippen molar-refractivity contribution < 1.29 is 9.84 Å². The van der Waals surface area contributed by atoms with E-state index in [0.29, 0.717) is 6.42 Å². The molecule has 0 bridgehead atoms. The monoisotopic (exact) mass is 181 g/mol. The molecule has 0 aromatic carbocycles. The van der Waals surface area contributed by atoms with E-state index in [2.05, 4.69) is 11.9 Å². The zero-order valence-corrected chi connectivity index (χ0v) is 7.34. The SMILES string of the molecule is [CH2][C@H]1O[C@@H](N2C=NC=CC2)C[C@H]1O. The second-order valence-corrected chi connectivity index (χ2v) is 3.28. The lowest BCUT2D eigenvalue weighted by Crippen LogP contribution is -2.35. The molecule has 1 radical (unpaired) electrons. The van der Waals surface area contributed by atoms with E-state index < -0.39 is 6.10 Å². The van der Waals surface area contributed by atoms with E-state index >= 15 is 0 Å². The molecule has 71 valence electrons. The predicted molar refractivity (Wildman–Crippen MR) is 49.0 cm³/mol. The van der Waals surface area contributed by atoms with E-state index in [1.54, 1.807) is 12.5 Å². The average Bonchev–Trinajstić information content (AvgIpc) is 2.49. The lowest BCUT2D eigenvalue weighted by atomic mass is 10.2. The van der Waals surface area contributed by atoms with Gasteiger partial charge >= 0.3 is 0 Å². The molecule has 0 aromatic heterocycles. The van der Waals surface area contributed by atoms with Crippen molar-refractivity contribution in [3.63, 3.8) is 0 Å². The summed E-state index contributed by atoms with van der Waals surface area (Å²) in [4.78, 5) is 5.94. The van der Waals surface area contributed by atoms with Crippen molar-refractivity contribution in [2.75, 3.05) is 6.54 Å². The summed E-state index contributed by atoms with van der Waals surface area (Å²) in [6.07, 6.45) is 5.19. The van der Waals surface area contributed by atoms with Gasteiger partial charge < -0.3 is 14.7 Å². The Kier molecular flexibility index (Phi) is 2.33. The van der Waals surface area contributed by atoms with Crippen LogP contribution in [0.1, 0.15) is 6.42 Å². The largest absolute Gasteiger partial charge is 0.390 e. The molecule has 2 rings (SSSR count). The van der Waals surface area contributed by atoms with Crippen molar-refractivity contribution in [3.05, 3.63) is 19.2 Å². The molecule has 1 N–H and O–H groups in total. The van der Waals surface area contributed by atoms with Crippen LogP contribution in [-0.4, -0.2) is 41.3 Å². The van der Waals surface area contributed by atoms with Crippen LogP contribution in [0, 0.1) is 6.92 Å². The molecular weight excluding hydrogens is 168 g/mol. The Morgan fingerprint density at radius 1 is 1.62 bits per heavy atom. The smallest absolute Gasteiger partial charge is 0.134 e. The molecule has 1 saturated heterocycles. The molecule has 2 heterocycles. The molecule has 2 aliphatic heterocycles. The van der Waals surface area contributed by atoms with Gasteiger partial charge in [0.2, 0.25) is 0 Å². The zero-order valence-electron chi connectivity index (χ0n) is 7.34. The molecule has 4 nitrogen and oxygen atoms in total. The summed E-state index contributed by atoms with van der Waals surface area (Å²) < 4.78 is 5.45. The van der Waals surface area contributed by atoms with Crippen LogP contribution in [-0.2, 0) is 4.74 Å². The van der Waals surface area contributed by atoms with Gasteiger partial charge in [-0.15, -0.1) is 0 Å². The molecule has 0 amide bonds. The number of ether oxygens (including phenoxy) is 1. The summed E-state index contributed by atoms with van der Waals surface area (Å²) in [7, 11) is 0. The number of aliphatic hydroxyl groups is 1. The van der Waals surface area contributed by atoms with Crippen LogP contribution in [0.4, 0.5) is 0 Å². The normalized spacial score (nSPS) is 38.6. The third-order valence-corrected chi connectivity index (χ3v) is 2.30. The van der Waals surface area contributed by atoms with Crippen LogP contribution in [0.15, 0.2) is 17.3 Å². The average molecular weight is 181 g/mol. The molecule has 1 fully saturated rings. The highest BCUT2D eigenvalue weighted by molar-refractivity contribution is 5.57. The summed E-state index contributed by atoms with van der Waals surface area (Å²) in [5, 5.41) is 9.42. The van der Waals surface area contributed by atoms with Crippen molar-refractivity contribution in [2.45, 2.75) is 24.9 Å². The lowest BCUT2D eigenvalue weighted by molar-refractivity contribution is -0.0117. The minimum absolute atomic E-state index is 0.0776. The van der Waals surface area contributed by atoms with Crippen molar-refractivity contribution in [2.24, 2.45) is 4.99 Å². The van der Waals surface area contributed by atoms with Crippen molar-refractivity contribution in [3.8, 4) is 0 Å². The maximum absolute atomic E-state index is 9.42. The highest BCUT2D eigenvalue weighted by Gasteiger charge is 2.33. The van der Waals surface area contributed by atoms with Crippen molar-refractivity contribution >= 4 is 6.34 Å². The summed E-state index contributed by atoms with van der Waals surface area (Å²) in [6.45, 7) is 4.49. The number of hydrogen-bond acceptors (Lipinski definition) is 4. The highest BCUT2D eigenvalue weighted by atomic mass is 16.5. The van der Waals surface area contributed by atoms with Gasteiger partial charge in [0.1, 0.15) is 6.23 Å². The molecule has 0 unspecified atom stereocenters. The molecule has 2 aliphatic rings. The second-order valence-electron chi connectivity index (χ2n) is 3.28. The zero-order chi connectivity index (χ0) is 9.26. The van der Waals surface area contributed by atoms with Gasteiger partial charge in [0.05, 0.1) is 18.5 Å². The standard InChI is InChI=1S/C9H13N2O2/c1-7-8(12)5-9(13-7)11-4-2-3-10-6-11/h2-3,6-9,12H,1,4-5H2/t7-,8-,9-/m1/s1. The van der Waals surface area contributed by atoms with Crippen molar-refractivity contribution in [1.29, 1.82) is 0 Å². The number of nitrogens with zero attached hydrogens (tertiary/aromatic N) is 2. The minimum Gasteiger partial charge on any atom is -0.390 e. The topological polar surface area (TPSA) is 45.1 Å². The first kappa shape index (κ1) is 8.72. The lowest BCUT2D eigenvalue weighted by Gasteiger charge is -2.25.